The molecule has 0 atom stereocenters. The number of rotatable bonds is 3. The monoisotopic (exact) mass is 292 g/mol. The predicted molar refractivity (Wildman–Crippen MR) is 65.5 cm³/mol. The van der Waals surface area contributed by atoms with Crippen LogP contribution in [0.3, 0.4) is 0 Å². The van der Waals surface area contributed by atoms with Gasteiger partial charge in [-0.05, 0) is 19.1 Å². The van der Waals surface area contributed by atoms with Gasteiger partial charge in [0, 0.05) is 0 Å². The van der Waals surface area contributed by atoms with Gasteiger partial charge >= 0.3 is 12.1 Å². The molecule has 0 unspecified atom stereocenters. The number of halogens is 2. The first-order valence-electron chi connectivity index (χ1n) is 4.91. The van der Waals surface area contributed by atoms with E-state index in [9.17, 15) is 9.59 Å². The quantitative estimate of drug-likeness (QED) is 0.632. The van der Waals surface area contributed by atoms with Crippen molar-refractivity contribution in [2.75, 3.05) is 13.7 Å². The van der Waals surface area contributed by atoms with E-state index in [1.165, 1.54) is 12.1 Å². The molecule has 0 aliphatic carbocycles. The molecule has 1 rings (SSSR count). The van der Waals surface area contributed by atoms with Crippen LogP contribution in [-0.4, -0.2) is 25.8 Å². The van der Waals surface area contributed by atoms with Crippen LogP contribution in [0.25, 0.3) is 0 Å². The molecular weight excluding hydrogens is 283 g/mol. The topological polar surface area (TPSA) is 61.8 Å². The maximum atomic E-state index is 11.5. The summed E-state index contributed by atoms with van der Waals surface area (Å²) >= 11 is 11.7. The molecular formula is C11H10Cl2O5. The highest BCUT2D eigenvalue weighted by atomic mass is 35.5. The molecule has 0 bridgehead atoms. The fraction of sp³-hybridized carbons (Fsp3) is 0.273. The molecule has 0 N–H and O–H groups in total. The van der Waals surface area contributed by atoms with Crippen LogP contribution in [0.2, 0.25) is 10.0 Å². The van der Waals surface area contributed by atoms with Crippen LogP contribution in [0, 0.1) is 0 Å². The van der Waals surface area contributed by atoms with Gasteiger partial charge in [-0.1, -0.05) is 23.2 Å². The molecule has 0 saturated heterocycles. The maximum absolute atomic E-state index is 11.5. The Hall–Kier alpha value is -1.46. The van der Waals surface area contributed by atoms with Crippen LogP contribution in [0.4, 0.5) is 4.79 Å². The third-order valence-corrected chi connectivity index (χ3v) is 2.42. The zero-order valence-corrected chi connectivity index (χ0v) is 11.2. The van der Waals surface area contributed by atoms with Gasteiger partial charge in [0.2, 0.25) is 0 Å². The van der Waals surface area contributed by atoms with E-state index in [1.807, 2.05) is 0 Å². The summed E-state index contributed by atoms with van der Waals surface area (Å²) in [6.07, 6.45) is -0.956. The highest BCUT2D eigenvalue weighted by Gasteiger charge is 2.17. The normalized spacial score (nSPS) is 9.78. The van der Waals surface area contributed by atoms with Gasteiger partial charge in [-0.25, -0.2) is 9.59 Å². The van der Waals surface area contributed by atoms with E-state index in [0.717, 1.165) is 7.11 Å². The second-order valence-corrected chi connectivity index (χ2v) is 3.86. The lowest BCUT2D eigenvalue weighted by Gasteiger charge is -2.09. The molecule has 0 heterocycles. The smallest absolute Gasteiger partial charge is 0.462 e. The molecule has 98 valence electrons. The first-order chi connectivity index (χ1) is 8.49. The van der Waals surface area contributed by atoms with Crippen LogP contribution in [-0.2, 0) is 9.47 Å². The summed E-state index contributed by atoms with van der Waals surface area (Å²) in [6, 6.07) is 2.59. The van der Waals surface area contributed by atoms with Crippen molar-refractivity contribution in [3.05, 3.63) is 27.7 Å². The van der Waals surface area contributed by atoms with Crippen molar-refractivity contribution >= 4 is 35.3 Å². The summed E-state index contributed by atoms with van der Waals surface area (Å²) in [7, 11) is 1.15. The van der Waals surface area contributed by atoms with Crippen LogP contribution < -0.4 is 4.74 Å². The average Bonchev–Trinajstić information content (AvgIpc) is 2.33. The average molecular weight is 293 g/mol. The van der Waals surface area contributed by atoms with Gasteiger partial charge in [0.15, 0.2) is 5.75 Å². The molecule has 1 aromatic rings. The Kier molecular flexibility index (Phi) is 5.25. The fourth-order valence-corrected chi connectivity index (χ4v) is 1.68. The molecule has 0 spiro atoms. The van der Waals surface area contributed by atoms with Gasteiger partial charge in [0.1, 0.15) is 0 Å². The number of benzene rings is 1. The van der Waals surface area contributed by atoms with Gasteiger partial charge in [-0.15, -0.1) is 0 Å². The van der Waals surface area contributed by atoms with Gasteiger partial charge in [-0.2, -0.15) is 0 Å². The Balaban J connectivity index is 3.04. The van der Waals surface area contributed by atoms with Gasteiger partial charge < -0.3 is 14.2 Å². The Morgan fingerprint density at radius 1 is 1.22 bits per heavy atom. The van der Waals surface area contributed by atoms with Crippen molar-refractivity contribution in [3.8, 4) is 5.75 Å². The molecule has 0 aromatic heterocycles. The van der Waals surface area contributed by atoms with E-state index in [2.05, 4.69) is 4.74 Å². The zero-order chi connectivity index (χ0) is 13.7. The lowest BCUT2D eigenvalue weighted by Crippen LogP contribution is -2.09. The van der Waals surface area contributed by atoms with Gasteiger partial charge in [-0.3, -0.25) is 0 Å². The summed E-state index contributed by atoms with van der Waals surface area (Å²) in [4.78, 5) is 22.4. The molecule has 0 radical (unpaired) electrons. The van der Waals surface area contributed by atoms with E-state index < -0.39 is 12.1 Å². The second kappa shape index (κ2) is 6.47. The number of carbonyl (C=O) groups is 2. The summed E-state index contributed by atoms with van der Waals surface area (Å²) < 4.78 is 13.8. The number of ether oxygens (including phenoxy) is 3. The van der Waals surface area contributed by atoms with Crippen molar-refractivity contribution in [1.82, 2.24) is 0 Å². The Morgan fingerprint density at radius 2 is 1.78 bits per heavy atom. The molecule has 0 aliphatic rings. The minimum Gasteiger partial charge on any atom is -0.462 e. The van der Waals surface area contributed by atoms with E-state index in [-0.39, 0.29) is 28.0 Å². The van der Waals surface area contributed by atoms with Crippen molar-refractivity contribution < 1.29 is 23.8 Å². The highest BCUT2D eigenvalue weighted by molar-refractivity contribution is 6.37. The zero-order valence-electron chi connectivity index (χ0n) is 9.66. The van der Waals surface area contributed by atoms with E-state index in [0.29, 0.717) is 0 Å². The number of hydrogen-bond acceptors (Lipinski definition) is 5. The predicted octanol–water partition coefficient (Wildman–Crippen LogP) is 3.32. The summed E-state index contributed by atoms with van der Waals surface area (Å²) in [5.41, 5.74) is 0.170. The van der Waals surface area contributed by atoms with Gasteiger partial charge in [0.05, 0.1) is 29.3 Å². The summed E-state index contributed by atoms with van der Waals surface area (Å²) in [6.45, 7) is 1.91. The molecule has 18 heavy (non-hydrogen) atoms. The van der Waals surface area contributed by atoms with Crippen molar-refractivity contribution in [1.29, 1.82) is 0 Å². The van der Waals surface area contributed by atoms with Crippen LogP contribution in [0.1, 0.15) is 17.3 Å². The third-order valence-electron chi connectivity index (χ3n) is 1.86. The number of esters is 1. The SMILES string of the molecule is CCOC(=O)c1cc(Cl)c(OC(=O)OC)c(Cl)c1. The molecule has 0 saturated carbocycles. The third kappa shape index (κ3) is 3.51. The van der Waals surface area contributed by atoms with Crippen LogP contribution in [0.5, 0.6) is 5.75 Å². The lowest BCUT2D eigenvalue weighted by atomic mass is 10.2. The maximum Gasteiger partial charge on any atom is 0.513 e. The fourth-order valence-electron chi connectivity index (χ4n) is 1.11. The minimum absolute atomic E-state index is 0.0101. The van der Waals surface area contributed by atoms with Crippen LogP contribution in [0.15, 0.2) is 12.1 Å². The summed E-state index contributed by atoms with van der Waals surface area (Å²) in [5, 5.41) is 0.0203. The first kappa shape index (κ1) is 14.6. The van der Waals surface area contributed by atoms with Crippen molar-refractivity contribution in [2.45, 2.75) is 6.92 Å². The van der Waals surface area contributed by atoms with E-state index in [1.54, 1.807) is 6.92 Å². The van der Waals surface area contributed by atoms with Crippen molar-refractivity contribution in [2.24, 2.45) is 0 Å². The molecule has 0 amide bonds. The summed E-state index contributed by atoms with van der Waals surface area (Å²) in [5.74, 6) is -0.635. The van der Waals surface area contributed by atoms with E-state index in [4.69, 9.17) is 32.7 Å². The minimum atomic E-state index is -0.956. The van der Waals surface area contributed by atoms with Gasteiger partial charge in [0.25, 0.3) is 0 Å². The highest BCUT2D eigenvalue weighted by Crippen LogP contribution is 2.34. The molecule has 5 nitrogen and oxygen atoms in total. The number of carbonyl (C=O) groups excluding carboxylic acids is 2. The second-order valence-electron chi connectivity index (χ2n) is 3.05. The lowest BCUT2D eigenvalue weighted by molar-refractivity contribution is 0.0526. The Bertz CT molecular complexity index is 449. The number of methoxy groups -OCH3 is 1. The molecule has 1 aromatic carbocycles. The molecule has 7 heteroatoms. The molecule has 0 fully saturated rings. The first-order valence-corrected chi connectivity index (χ1v) is 5.67. The standard InChI is InChI=1S/C11H10Cl2O5/c1-3-17-10(14)6-4-7(12)9(8(13)5-6)18-11(15)16-2/h4-5H,3H2,1-2H3. The van der Waals surface area contributed by atoms with Crippen molar-refractivity contribution in [3.63, 3.8) is 0 Å². The Labute approximate surface area is 114 Å². The van der Waals surface area contributed by atoms with E-state index >= 15 is 0 Å². The number of hydrogen-bond donors (Lipinski definition) is 0. The Morgan fingerprint density at radius 3 is 2.22 bits per heavy atom. The van der Waals surface area contributed by atoms with Crippen LogP contribution >= 0.6 is 23.2 Å². The largest absolute Gasteiger partial charge is 0.513 e. The molecule has 0 aliphatic heterocycles.